The van der Waals surface area contributed by atoms with Crippen molar-refractivity contribution in [3.8, 4) is 6.07 Å². The van der Waals surface area contributed by atoms with E-state index in [-0.39, 0.29) is 0 Å². The van der Waals surface area contributed by atoms with E-state index in [1.165, 1.54) is 12.0 Å². The summed E-state index contributed by atoms with van der Waals surface area (Å²) in [6.45, 7) is 0. The molecule has 0 aromatic carbocycles. The molecule has 0 radical (unpaired) electrons. The predicted octanol–water partition coefficient (Wildman–Crippen LogP) is 2.05. The summed E-state index contributed by atoms with van der Waals surface area (Å²) >= 11 is 0. The quantitative estimate of drug-likeness (QED) is 0.575. The summed E-state index contributed by atoms with van der Waals surface area (Å²) < 4.78 is 0. The number of aryl methyl sites for hydroxylation is 1. The zero-order valence-corrected chi connectivity index (χ0v) is 10.3. The first-order valence-electron chi connectivity index (χ1n) is 5.84. The lowest BCUT2D eigenvalue weighted by atomic mass is 9.90. The molecule has 0 spiro atoms. The molecule has 4 heteroatoms. The van der Waals surface area contributed by atoms with Gasteiger partial charge in [0.25, 0.3) is 0 Å². The van der Waals surface area contributed by atoms with Gasteiger partial charge in [-0.05, 0) is 36.8 Å². The normalized spacial score (nSPS) is 14.4. The minimum absolute atomic E-state index is 0.543. The average Bonchev–Trinajstić information content (AvgIpc) is 2.35. The monoisotopic (exact) mass is 228 g/mol. The number of hydrogen-bond acceptors (Lipinski definition) is 3. The van der Waals surface area contributed by atoms with Crippen LogP contribution in [0.4, 0.5) is 5.82 Å². The molecule has 1 heterocycles. The fourth-order valence-electron chi connectivity index (χ4n) is 2.08. The Morgan fingerprint density at radius 2 is 2.18 bits per heavy atom. The zero-order chi connectivity index (χ0) is 12.3. The Balaban J connectivity index is 2.44. The number of nitrogens with zero attached hydrogens (tertiary/aromatic N) is 4. The molecule has 0 saturated carbocycles. The fraction of sp³-hybridized carbons (Fsp3) is 0.462. The topological polar surface area (TPSA) is 52.3 Å². The second-order valence-electron chi connectivity index (χ2n) is 4.49. The molecule has 1 aliphatic carbocycles. The first kappa shape index (κ1) is 11.6. The van der Waals surface area contributed by atoms with Crippen LogP contribution in [0.3, 0.4) is 0 Å². The number of rotatable bonds is 2. The third-order valence-electron chi connectivity index (χ3n) is 2.90. The van der Waals surface area contributed by atoms with Crippen molar-refractivity contribution in [2.24, 2.45) is 4.99 Å². The summed E-state index contributed by atoms with van der Waals surface area (Å²) in [6, 6.07) is 2.25. The number of aliphatic imine (C=N–C) groups is 1. The molecule has 0 bridgehead atoms. The van der Waals surface area contributed by atoms with Gasteiger partial charge in [0.2, 0.25) is 0 Å². The number of fused-ring (bicyclic) bond motifs is 1. The van der Waals surface area contributed by atoms with E-state index >= 15 is 0 Å². The van der Waals surface area contributed by atoms with Crippen molar-refractivity contribution in [2.75, 3.05) is 14.1 Å². The molecular formula is C13H16N4. The van der Waals surface area contributed by atoms with Crippen molar-refractivity contribution in [1.82, 2.24) is 9.88 Å². The van der Waals surface area contributed by atoms with Crippen LogP contribution in [0.1, 0.15) is 29.5 Å². The number of aromatic nitrogens is 1. The van der Waals surface area contributed by atoms with Gasteiger partial charge in [-0.3, -0.25) is 0 Å². The maximum Gasteiger partial charge on any atom is 0.171 e. The molecule has 0 atom stereocenters. The van der Waals surface area contributed by atoms with Gasteiger partial charge in [-0.2, -0.15) is 5.26 Å². The van der Waals surface area contributed by atoms with Crippen molar-refractivity contribution in [3.63, 3.8) is 0 Å². The van der Waals surface area contributed by atoms with Crippen LogP contribution in [0.25, 0.3) is 0 Å². The van der Waals surface area contributed by atoms with Crippen molar-refractivity contribution >= 4 is 12.2 Å². The third kappa shape index (κ3) is 2.44. The minimum atomic E-state index is 0.543. The molecule has 2 rings (SSSR count). The second kappa shape index (κ2) is 4.96. The lowest BCUT2D eigenvalue weighted by molar-refractivity contribution is 0.642. The molecule has 0 aliphatic heterocycles. The summed E-state index contributed by atoms with van der Waals surface area (Å²) in [5.41, 5.74) is 3.02. The van der Waals surface area contributed by atoms with Gasteiger partial charge in [0.05, 0.1) is 6.34 Å². The Hall–Kier alpha value is -1.89. The molecule has 4 nitrogen and oxygen atoms in total. The Morgan fingerprint density at radius 3 is 2.88 bits per heavy atom. The van der Waals surface area contributed by atoms with Gasteiger partial charge in [-0.15, -0.1) is 0 Å². The van der Waals surface area contributed by atoms with Gasteiger partial charge in [0, 0.05) is 20.3 Å². The third-order valence-corrected chi connectivity index (χ3v) is 2.90. The van der Waals surface area contributed by atoms with Crippen LogP contribution in [0.2, 0.25) is 0 Å². The Labute approximate surface area is 102 Å². The lowest BCUT2D eigenvalue weighted by Crippen LogP contribution is -2.09. The first-order valence-corrected chi connectivity index (χ1v) is 5.84. The number of hydrogen-bond donors (Lipinski definition) is 0. The van der Waals surface area contributed by atoms with Gasteiger partial charge in [0.1, 0.15) is 11.6 Å². The predicted molar refractivity (Wildman–Crippen MR) is 67.4 cm³/mol. The summed E-state index contributed by atoms with van der Waals surface area (Å²) in [6.07, 6.45) is 7.92. The van der Waals surface area contributed by atoms with Crippen LogP contribution >= 0.6 is 0 Å². The molecule has 0 fully saturated rings. The van der Waals surface area contributed by atoms with Crippen molar-refractivity contribution < 1.29 is 0 Å². The highest BCUT2D eigenvalue weighted by Gasteiger charge is 2.16. The van der Waals surface area contributed by atoms with Crippen LogP contribution in [-0.2, 0) is 12.8 Å². The molecule has 17 heavy (non-hydrogen) atoms. The van der Waals surface area contributed by atoms with Gasteiger partial charge in [0.15, 0.2) is 5.82 Å². The van der Waals surface area contributed by atoms with Crippen molar-refractivity contribution in [3.05, 3.63) is 22.9 Å². The Kier molecular flexibility index (Phi) is 3.38. The SMILES string of the molecule is CN(C)C=Nc1ncc2c(c1C#N)CCCC2. The van der Waals surface area contributed by atoms with Crippen LogP contribution < -0.4 is 0 Å². The van der Waals surface area contributed by atoms with Gasteiger partial charge in [-0.25, -0.2) is 9.98 Å². The standard InChI is InChI=1S/C13H16N4/c1-17(2)9-16-13-12(7-14)11-6-4-3-5-10(11)8-15-13/h8-9H,3-6H2,1-2H3. The molecule has 1 aromatic rings. The zero-order valence-electron chi connectivity index (χ0n) is 10.3. The highest BCUT2D eigenvalue weighted by Crippen LogP contribution is 2.28. The van der Waals surface area contributed by atoms with Gasteiger partial charge >= 0.3 is 0 Å². The van der Waals surface area contributed by atoms with E-state index in [1.807, 2.05) is 25.2 Å². The van der Waals surface area contributed by atoms with Crippen molar-refractivity contribution in [1.29, 1.82) is 5.26 Å². The first-order chi connectivity index (χ1) is 8.22. The van der Waals surface area contributed by atoms with E-state index in [4.69, 9.17) is 0 Å². The molecule has 1 aliphatic rings. The summed E-state index contributed by atoms with van der Waals surface area (Å²) in [4.78, 5) is 10.4. The van der Waals surface area contributed by atoms with E-state index < -0.39 is 0 Å². The summed E-state index contributed by atoms with van der Waals surface area (Å²) in [5, 5.41) is 9.26. The molecular weight excluding hydrogens is 212 g/mol. The van der Waals surface area contributed by atoms with Gasteiger partial charge in [-0.1, -0.05) is 0 Å². The Morgan fingerprint density at radius 1 is 1.41 bits per heavy atom. The van der Waals surface area contributed by atoms with Crippen LogP contribution in [0.15, 0.2) is 11.2 Å². The fourth-order valence-corrected chi connectivity index (χ4v) is 2.08. The minimum Gasteiger partial charge on any atom is -0.369 e. The lowest BCUT2D eigenvalue weighted by Gasteiger charge is -2.16. The average molecular weight is 228 g/mol. The molecule has 88 valence electrons. The summed E-state index contributed by atoms with van der Waals surface area (Å²) in [5.74, 6) is 0.543. The number of nitriles is 1. The highest BCUT2D eigenvalue weighted by atomic mass is 15.1. The smallest absolute Gasteiger partial charge is 0.171 e. The van der Waals surface area contributed by atoms with E-state index in [0.29, 0.717) is 11.4 Å². The Bertz CT molecular complexity index is 483. The molecule has 1 aromatic heterocycles. The van der Waals surface area contributed by atoms with E-state index in [2.05, 4.69) is 16.0 Å². The largest absolute Gasteiger partial charge is 0.369 e. The van der Waals surface area contributed by atoms with Crippen LogP contribution in [0.5, 0.6) is 0 Å². The molecule has 0 saturated heterocycles. The van der Waals surface area contributed by atoms with E-state index in [9.17, 15) is 5.26 Å². The molecule has 0 amide bonds. The summed E-state index contributed by atoms with van der Waals surface area (Å²) in [7, 11) is 3.79. The van der Waals surface area contributed by atoms with Gasteiger partial charge < -0.3 is 4.90 Å². The molecule has 0 unspecified atom stereocenters. The molecule has 0 N–H and O–H groups in total. The maximum absolute atomic E-state index is 9.26. The number of pyridine rings is 1. The maximum atomic E-state index is 9.26. The second-order valence-corrected chi connectivity index (χ2v) is 4.49. The van der Waals surface area contributed by atoms with E-state index in [1.54, 1.807) is 6.34 Å². The van der Waals surface area contributed by atoms with Crippen LogP contribution in [0, 0.1) is 11.3 Å². The highest BCUT2D eigenvalue weighted by molar-refractivity contribution is 5.64. The van der Waals surface area contributed by atoms with Crippen molar-refractivity contribution in [2.45, 2.75) is 25.7 Å². The van der Waals surface area contributed by atoms with Crippen LogP contribution in [-0.4, -0.2) is 30.3 Å². The van der Waals surface area contributed by atoms with E-state index in [0.717, 1.165) is 24.8 Å².